The molecule has 52 heavy (non-hydrogen) atoms. The summed E-state index contributed by atoms with van der Waals surface area (Å²) in [6, 6.07) is 9.14. The van der Waals surface area contributed by atoms with Crippen LogP contribution in [0.3, 0.4) is 0 Å². The van der Waals surface area contributed by atoms with E-state index in [4.69, 9.17) is 19.4 Å². The Morgan fingerprint density at radius 3 is 2.33 bits per heavy atom. The molecule has 0 spiro atoms. The highest BCUT2D eigenvalue weighted by atomic mass is 32.1. The first kappa shape index (κ1) is 35.5. The lowest BCUT2D eigenvalue weighted by atomic mass is 9.85. The summed E-state index contributed by atoms with van der Waals surface area (Å²) in [7, 11) is 0. The first-order chi connectivity index (χ1) is 24.9. The van der Waals surface area contributed by atoms with Gasteiger partial charge in [0.1, 0.15) is 35.5 Å². The number of ether oxygens (including phenoxy) is 2. The second-order valence-electron chi connectivity index (χ2n) is 15.3. The number of likely N-dealkylation sites (tertiary alicyclic amines) is 1. The lowest BCUT2D eigenvalue weighted by Gasteiger charge is -2.36. The van der Waals surface area contributed by atoms with E-state index in [-0.39, 0.29) is 43.2 Å². The molecule has 1 saturated heterocycles. The summed E-state index contributed by atoms with van der Waals surface area (Å²) in [6.45, 7) is 9.29. The van der Waals surface area contributed by atoms with Crippen LogP contribution in [0.4, 0.5) is 4.79 Å². The Morgan fingerprint density at radius 1 is 1.00 bits per heavy atom. The molecule has 1 aromatic carbocycles. The molecule has 2 aromatic heterocycles. The maximum Gasteiger partial charge on any atom is 0.408 e. The highest BCUT2D eigenvalue weighted by molar-refractivity contribution is 7.13. The normalized spacial score (nSPS) is 24.7. The van der Waals surface area contributed by atoms with E-state index in [9.17, 15) is 24.0 Å². The Balaban J connectivity index is 1.18. The van der Waals surface area contributed by atoms with Crippen LogP contribution in [0.25, 0.3) is 21.6 Å². The Labute approximate surface area is 305 Å². The topological polar surface area (TPSA) is 169 Å². The number of carbonyl (C=O) groups is 5. The minimum Gasteiger partial charge on any atom is -0.471 e. The van der Waals surface area contributed by atoms with Crippen molar-refractivity contribution in [2.24, 2.45) is 17.3 Å². The summed E-state index contributed by atoms with van der Waals surface area (Å²) in [5.41, 5.74) is -0.285. The molecule has 3 saturated carbocycles. The van der Waals surface area contributed by atoms with Crippen molar-refractivity contribution in [1.82, 2.24) is 30.8 Å². The van der Waals surface area contributed by atoms with Gasteiger partial charge in [0.15, 0.2) is 0 Å². The van der Waals surface area contributed by atoms with Gasteiger partial charge in [-0.1, -0.05) is 45.0 Å². The number of nitrogens with one attached hydrogen (secondary N) is 3. The number of para-hydroxylation sites is 2. The summed E-state index contributed by atoms with van der Waals surface area (Å²) in [5.74, 6) is -2.35. The lowest BCUT2D eigenvalue weighted by Crippen LogP contribution is -2.60. The van der Waals surface area contributed by atoms with Crippen molar-refractivity contribution in [2.45, 2.75) is 95.5 Å². The molecular formula is C38H44N6O7S. The van der Waals surface area contributed by atoms with Crippen LogP contribution < -0.4 is 20.7 Å². The van der Waals surface area contributed by atoms with Gasteiger partial charge in [-0.2, -0.15) is 0 Å². The van der Waals surface area contributed by atoms with Crippen LogP contribution in [-0.4, -0.2) is 81.0 Å². The number of fused-ring (bicyclic) bond motifs is 1. The van der Waals surface area contributed by atoms with Crippen LogP contribution in [0.15, 0.2) is 54.4 Å². The van der Waals surface area contributed by atoms with Crippen LogP contribution in [0.1, 0.15) is 65.7 Å². The van der Waals surface area contributed by atoms with E-state index in [0.717, 1.165) is 37.0 Å². The highest BCUT2D eigenvalue weighted by Gasteiger charge is 2.61. The minimum atomic E-state index is -1.37. The molecule has 0 bridgehead atoms. The van der Waals surface area contributed by atoms with Crippen LogP contribution in [0.5, 0.6) is 5.88 Å². The average molecular weight is 729 g/mol. The number of carbonyl (C=O) groups excluding carboxylic acids is 5. The van der Waals surface area contributed by atoms with Crippen molar-refractivity contribution in [3.05, 3.63) is 54.4 Å². The Bertz CT molecular complexity index is 1900. The molecule has 5 amide bonds. The van der Waals surface area contributed by atoms with E-state index in [0.29, 0.717) is 16.7 Å². The van der Waals surface area contributed by atoms with E-state index in [1.807, 2.05) is 62.5 Å². The number of aromatic nitrogens is 2. The molecule has 3 N–H and O–H groups in total. The fourth-order valence-corrected chi connectivity index (χ4v) is 7.49. The number of alkyl carbamates (subject to hydrolysis) is 1. The zero-order chi connectivity index (χ0) is 36.8. The van der Waals surface area contributed by atoms with Gasteiger partial charge < -0.3 is 25.0 Å². The van der Waals surface area contributed by atoms with Gasteiger partial charge in [-0.25, -0.2) is 14.8 Å². The van der Waals surface area contributed by atoms with Crippen molar-refractivity contribution in [3.8, 4) is 16.5 Å². The monoisotopic (exact) mass is 728 g/mol. The minimum absolute atomic E-state index is 0.00844. The Hall–Kier alpha value is -4.85. The van der Waals surface area contributed by atoms with Gasteiger partial charge in [0.2, 0.25) is 23.6 Å². The average Bonchev–Trinajstić information content (AvgIpc) is 3.96. The molecule has 0 radical (unpaired) electrons. The third-order valence-corrected chi connectivity index (χ3v) is 11.2. The third-order valence-electron chi connectivity index (χ3n) is 10.4. The van der Waals surface area contributed by atoms with Gasteiger partial charge >= 0.3 is 6.09 Å². The van der Waals surface area contributed by atoms with Crippen molar-refractivity contribution in [1.29, 1.82) is 0 Å². The summed E-state index contributed by atoms with van der Waals surface area (Å²) < 4.78 is 12.1. The highest BCUT2D eigenvalue weighted by Crippen LogP contribution is 2.45. The fraction of sp³-hybridized carbons (Fsp3) is 0.500. The summed E-state index contributed by atoms with van der Waals surface area (Å²) >= 11 is 1.48. The quantitative estimate of drug-likeness (QED) is 0.190. The number of nitrogens with zero attached hydrogens (tertiary/aromatic N) is 3. The smallest absolute Gasteiger partial charge is 0.408 e. The third kappa shape index (κ3) is 7.25. The van der Waals surface area contributed by atoms with E-state index in [1.165, 1.54) is 16.2 Å². The second kappa shape index (κ2) is 13.9. The van der Waals surface area contributed by atoms with E-state index >= 15 is 0 Å². The number of benzene rings is 1. The maximum absolute atomic E-state index is 14.6. The SMILES string of the molecule is C=CC1C[C@]1(NC(=O)[C@@H]1C[C@@H](Oc2nc3ccccc3nc2-c2cccs2)CN1C(=O)[C@H](NC(=O)OC1CCC1)C(C)(C)C)C(=O)NC(=O)C1CC1. The molecule has 7 rings (SSSR count). The number of hydrogen-bond donors (Lipinski definition) is 3. The predicted molar refractivity (Wildman–Crippen MR) is 193 cm³/mol. The number of hydrogen-bond acceptors (Lipinski definition) is 10. The lowest BCUT2D eigenvalue weighted by molar-refractivity contribution is -0.143. The number of thiophene rings is 1. The molecule has 3 aliphatic carbocycles. The van der Waals surface area contributed by atoms with E-state index < -0.39 is 58.9 Å². The molecule has 4 fully saturated rings. The van der Waals surface area contributed by atoms with Crippen molar-refractivity contribution in [3.63, 3.8) is 0 Å². The zero-order valence-electron chi connectivity index (χ0n) is 29.6. The number of rotatable bonds is 11. The van der Waals surface area contributed by atoms with Gasteiger partial charge in [0.05, 0.1) is 22.5 Å². The summed E-state index contributed by atoms with van der Waals surface area (Å²) in [5, 5.41) is 10.1. The molecule has 4 aliphatic rings. The molecular weight excluding hydrogens is 685 g/mol. The van der Waals surface area contributed by atoms with Crippen LogP contribution in [-0.2, 0) is 23.9 Å². The molecule has 274 valence electrons. The van der Waals surface area contributed by atoms with Gasteiger partial charge in [-0.3, -0.25) is 24.5 Å². The summed E-state index contributed by atoms with van der Waals surface area (Å²) in [6.07, 6.45) is 4.29. The molecule has 1 aliphatic heterocycles. The fourth-order valence-electron chi connectivity index (χ4n) is 6.79. The van der Waals surface area contributed by atoms with E-state index in [1.54, 1.807) is 6.08 Å². The first-order valence-corrected chi connectivity index (χ1v) is 18.8. The standard InChI is InChI=1S/C38H44N6O7S/c1-5-22-19-38(22,35(48)42-31(45)21-15-16-21)43-32(46)27-18-24(20-44(27)34(47)30(37(2,3)4)41-36(49)51-23-10-8-11-23)50-33-29(28-14-9-17-52-28)39-25-12-6-7-13-26(25)40-33/h5-7,9,12-14,17,21-24,27,30H,1,8,10-11,15-16,18-20H2,2-4H3,(H,41,49)(H,43,46)(H,42,45,48)/t22?,24-,27+,30+,38-/m1/s1. The molecule has 14 heteroatoms. The molecule has 3 heterocycles. The van der Waals surface area contributed by atoms with Crippen LogP contribution in [0, 0.1) is 17.3 Å². The number of imide groups is 1. The van der Waals surface area contributed by atoms with Crippen molar-refractivity contribution >= 4 is 52.1 Å². The van der Waals surface area contributed by atoms with Crippen LogP contribution in [0.2, 0.25) is 0 Å². The number of amides is 5. The Morgan fingerprint density at radius 2 is 1.73 bits per heavy atom. The largest absolute Gasteiger partial charge is 0.471 e. The molecule has 3 aromatic rings. The molecule has 13 nitrogen and oxygen atoms in total. The van der Waals surface area contributed by atoms with Gasteiger partial charge in [-0.05, 0) is 67.5 Å². The van der Waals surface area contributed by atoms with Crippen LogP contribution >= 0.6 is 11.3 Å². The molecule has 5 atom stereocenters. The maximum atomic E-state index is 14.6. The van der Waals surface area contributed by atoms with Crippen molar-refractivity contribution < 1.29 is 33.4 Å². The zero-order valence-corrected chi connectivity index (χ0v) is 30.4. The van der Waals surface area contributed by atoms with Gasteiger partial charge in [0, 0.05) is 18.3 Å². The van der Waals surface area contributed by atoms with E-state index in [2.05, 4.69) is 22.5 Å². The van der Waals surface area contributed by atoms with Gasteiger partial charge in [0.25, 0.3) is 5.91 Å². The van der Waals surface area contributed by atoms with Gasteiger partial charge in [-0.15, -0.1) is 17.9 Å². The van der Waals surface area contributed by atoms with Crippen molar-refractivity contribution in [2.75, 3.05) is 6.54 Å². The predicted octanol–water partition coefficient (Wildman–Crippen LogP) is 4.51. The molecule has 1 unspecified atom stereocenters. The second-order valence-corrected chi connectivity index (χ2v) is 16.3. The Kier molecular flexibility index (Phi) is 9.53. The summed E-state index contributed by atoms with van der Waals surface area (Å²) in [4.78, 5) is 79.8. The first-order valence-electron chi connectivity index (χ1n) is 17.9.